The van der Waals surface area contributed by atoms with Crippen molar-refractivity contribution < 1.29 is 17.9 Å². The second kappa shape index (κ2) is 8.92. The zero-order chi connectivity index (χ0) is 21.2. The van der Waals surface area contributed by atoms with Gasteiger partial charge in [0.1, 0.15) is 10.6 Å². The van der Waals surface area contributed by atoms with Crippen LogP contribution in [0.2, 0.25) is 10.0 Å². The van der Waals surface area contributed by atoms with Gasteiger partial charge >= 0.3 is 0 Å². The third-order valence-corrected chi connectivity index (χ3v) is 7.61. The number of ether oxygens (including phenoxy) is 1. The van der Waals surface area contributed by atoms with E-state index in [1.807, 2.05) is 6.92 Å². The van der Waals surface area contributed by atoms with Crippen LogP contribution < -0.4 is 10.1 Å². The van der Waals surface area contributed by atoms with E-state index in [2.05, 4.69) is 5.32 Å². The lowest BCUT2D eigenvalue weighted by atomic mass is 9.99. The SMILES string of the molecule is COc1ccc(C)cc1S(=O)(=O)N1CCCC(C(=O)Nc2cccc(Cl)c2Cl)C1. The summed E-state index contributed by atoms with van der Waals surface area (Å²) in [6, 6.07) is 9.98. The Morgan fingerprint density at radius 1 is 1.24 bits per heavy atom. The molecule has 1 aliphatic rings. The number of aryl methyl sites for hydroxylation is 1. The molecule has 0 spiro atoms. The molecule has 0 radical (unpaired) electrons. The van der Waals surface area contributed by atoms with Gasteiger partial charge in [0.25, 0.3) is 0 Å². The summed E-state index contributed by atoms with van der Waals surface area (Å²) in [6.07, 6.45) is 1.16. The molecule has 9 heteroatoms. The maximum Gasteiger partial charge on any atom is 0.246 e. The standard InChI is InChI=1S/C20H22Cl2N2O4S/c1-13-8-9-17(28-2)18(11-13)29(26,27)24-10-4-5-14(12-24)20(25)23-16-7-3-6-15(21)19(16)22/h3,6-9,11,14H,4-5,10,12H2,1-2H3,(H,23,25). The Kier molecular flexibility index (Phi) is 6.73. The van der Waals surface area contributed by atoms with Crippen molar-refractivity contribution in [2.24, 2.45) is 5.92 Å². The van der Waals surface area contributed by atoms with Gasteiger partial charge in [-0.15, -0.1) is 0 Å². The lowest BCUT2D eigenvalue weighted by Gasteiger charge is -2.31. The molecule has 1 heterocycles. The number of methoxy groups -OCH3 is 1. The van der Waals surface area contributed by atoms with Crippen molar-refractivity contribution in [3.05, 3.63) is 52.0 Å². The summed E-state index contributed by atoms with van der Waals surface area (Å²) in [6.45, 7) is 2.25. The van der Waals surface area contributed by atoms with Crippen molar-refractivity contribution >= 4 is 44.8 Å². The Morgan fingerprint density at radius 3 is 2.72 bits per heavy atom. The van der Waals surface area contributed by atoms with Crippen molar-refractivity contribution in [3.8, 4) is 5.75 Å². The zero-order valence-electron chi connectivity index (χ0n) is 16.1. The van der Waals surface area contributed by atoms with Crippen LogP contribution in [0.1, 0.15) is 18.4 Å². The molecule has 0 bridgehead atoms. The van der Waals surface area contributed by atoms with Crippen molar-refractivity contribution in [1.82, 2.24) is 4.31 Å². The van der Waals surface area contributed by atoms with Gasteiger partial charge in [-0.05, 0) is 49.6 Å². The predicted octanol–water partition coefficient (Wildman–Crippen LogP) is 4.35. The van der Waals surface area contributed by atoms with E-state index in [1.165, 1.54) is 11.4 Å². The number of carbonyl (C=O) groups excluding carboxylic acids is 1. The Morgan fingerprint density at radius 2 is 2.00 bits per heavy atom. The van der Waals surface area contributed by atoms with E-state index in [-0.39, 0.29) is 28.1 Å². The summed E-state index contributed by atoms with van der Waals surface area (Å²) >= 11 is 12.1. The van der Waals surface area contributed by atoms with Crippen LogP contribution in [0, 0.1) is 12.8 Å². The van der Waals surface area contributed by atoms with Crippen molar-refractivity contribution in [1.29, 1.82) is 0 Å². The fourth-order valence-electron chi connectivity index (χ4n) is 3.33. The van der Waals surface area contributed by atoms with Gasteiger partial charge in [-0.2, -0.15) is 4.31 Å². The fraction of sp³-hybridized carbons (Fsp3) is 0.350. The molecule has 1 N–H and O–H groups in total. The van der Waals surface area contributed by atoms with E-state index in [0.29, 0.717) is 30.1 Å². The van der Waals surface area contributed by atoms with Crippen molar-refractivity contribution in [2.75, 3.05) is 25.5 Å². The topological polar surface area (TPSA) is 75.7 Å². The molecule has 1 unspecified atom stereocenters. The number of benzene rings is 2. The Bertz CT molecular complexity index is 1030. The third kappa shape index (κ3) is 4.69. The summed E-state index contributed by atoms with van der Waals surface area (Å²) in [7, 11) is -2.36. The summed E-state index contributed by atoms with van der Waals surface area (Å²) in [5, 5.41) is 3.36. The molecule has 29 heavy (non-hydrogen) atoms. The molecular weight excluding hydrogens is 435 g/mol. The number of nitrogens with one attached hydrogen (secondary N) is 1. The van der Waals surface area contributed by atoms with E-state index in [9.17, 15) is 13.2 Å². The number of piperidine rings is 1. The minimum Gasteiger partial charge on any atom is -0.495 e. The molecule has 0 aliphatic carbocycles. The number of amides is 1. The third-order valence-electron chi connectivity index (χ3n) is 4.90. The Balaban J connectivity index is 1.80. The molecular formula is C20H22Cl2N2O4S. The summed E-state index contributed by atoms with van der Waals surface area (Å²) in [4.78, 5) is 12.9. The highest BCUT2D eigenvalue weighted by Crippen LogP contribution is 2.32. The molecule has 1 saturated heterocycles. The molecule has 6 nitrogen and oxygen atoms in total. The number of rotatable bonds is 5. The van der Waals surface area contributed by atoms with Crippen LogP contribution in [0.25, 0.3) is 0 Å². The monoisotopic (exact) mass is 456 g/mol. The van der Waals surface area contributed by atoms with Crippen LogP contribution in [0.5, 0.6) is 5.75 Å². The summed E-state index contributed by atoms with van der Waals surface area (Å²) in [5.41, 5.74) is 1.22. The molecule has 0 aromatic heterocycles. The highest BCUT2D eigenvalue weighted by Gasteiger charge is 2.35. The molecule has 1 fully saturated rings. The highest BCUT2D eigenvalue weighted by atomic mass is 35.5. The van der Waals surface area contributed by atoms with Crippen LogP contribution in [-0.4, -0.2) is 38.8 Å². The number of sulfonamides is 1. The summed E-state index contributed by atoms with van der Waals surface area (Å²) < 4.78 is 33.0. The molecule has 1 atom stereocenters. The number of anilines is 1. The van der Waals surface area contributed by atoms with Crippen LogP contribution >= 0.6 is 23.2 Å². The minimum atomic E-state index is -3.80. The van der Waals surface area contributed by atoms with E-state index >= 15 is 0 Å². The first-order chi connectivity index (χ1) is 13.7. The van der Waals surface area contributed by atoms with E-state index in [0.717, 1.165) is 5.56 Å². The smallest absolute Gasteiger partial charge is 0.246 e. The first-order valence-corrected chi connectivity index (χ1v) is 11.3. The average Bonchev–Trinajstić information content (AvgIpc) is 2.71. The van der Waals surface area contributed by atoms with Gasteiger partial charge in [0, 0.05) is 13.1 Å². The van der Waals surface area contributed by atoms with E-state index in [1.54, 1.807) is 36.4 Å². The average molecular weight is 457 g/mol. The number of carbonyl (C=O) groups is 1. The first-order valence-electron chi connectivity index (χ1n) is 9.13. The quantitative estimate of drug-likeness (QED) is 0.725. The summed E-state index contributed by atoms with van der Waals surface area (Å²) in [5.74, 6) is -0.498. The van der Waals surface area contributed by atoms with E-state index < -0.39 is 15.9 Å². The van der Waals surface area contributed by atoms with Crippen molar-refractivity contribution in [3.63, 3.8) is 0 Å². The number of halogens is 2. The second-order valence-electron chi connectivity index (χ2n) is 6.95. The van der Waals surface area contributed by atoms with Gasteiger partial charge in [-0.3, -0.25) is 4.79 Å². The molecule has 1 amide bonds. The van der Waals surface area contributed by atoms with Crippen molar-refractivity contribution in [2.45, 2.75) is 24.7 Å². The first kappa shape index (κ1) is 21.9. The maximum absolute atomic E-state index is 13.2. The van der Waals surface area contributed by atoms with Gasteiger partial charge in [-0.1, -0.05) is 35.3 Å². The minimum absolute atomic E-state index is 0.0868. The van der Waals surface area contributed by atoms with Gasteiger partial charge in [-0.25, -0.2) is 8.42 Å². The molecule has 156 valence electrons. The number of nitrogens with zero attached hydrogens (tertiary/aromatic N) is 1. The Hall–Kier alpha value is -1.80. The Labute approximate surface area is 180 Å². The molecule has 2 aromatic rings. The van der Waals surface area contributed by atoms with Gasteiger partial charge < -0.3 is 10.1 Å². The van der Waals surface area contributed by atoms with Gasteiger partial charge in [0.15, 0.2) is 0 Å². The van der Waals surface area contributed by atoms with Crippen LogP contribution in [0.4, 0.5) is 5.69 Å². The van der Waals surface area contributed by atoms with Gasteiger partial charge in [0.2, 0.25) is 15.9 Å². The zero-order valence-corrected chi connectivity index (χ0v) is 18.4. The predicted molar refractivity (Wildman–Crippen MR) is 114 cm³/mol. The van der Waals surface area contributed by atoms with Crippen LogP contribution in [-0.2, 0) is 14.8 Å². The lowest BCUT2D eigenvalue weighted by Crippen LogP contribution is -2.43. The molecule has 2 aromatic carbocycles. The second-order valence-corrected chi connectivity index (χ2v) is 9.64. The highest BCUT2D eigenvalue weighted by molar-refractivity contribution is 7.89. The lowest BCUT2D eigenvalue weighted by molar-refractivity contribution is -0.120. The molecule has 3 rings (SSSR count). The number of hydrogen-bond donors (Lipinski definition) is 1. The molecule has 0 saturated carbocycles. The normalized spacial score (nSPS) is 17.7. The van der Waals surface area contributed by atoms with E-state index in [4.69, 9.17) is 27.9 Å². The molecule has 1 aliphatic heterocycles. The van der Waals surface area contributed by atoms with Crippen LogP contribution in [0.3, 0.4) is 0 Å². The number of hydrogen-bond acceptors (Lipinski definition) is 4. The van der Waals surface area contributed by atoms with Gasteiger partial charge in [0.05, 0.1) is 28.8 Å². The fourth-order valence-corrected chi connectivity index (χ4v) is 5.45. The maximum atomic E-state index is 13.2. The van der Waals surface area contributed by atoms with Crippen LogP contribution in [0.15, 0.2) is 41.3 Å². The largest absolute Gasteiger partial charge is 0.495 e.